The lowest BCUT2D eigenvalue weighted by Gasteiger charge is -2.22. The van der Waals surface area contributed by atoms with Crippen LogP contribution in [0.4, 0.5) is 5.82 Å². The molecule has 0 aliphatic carbocycles. The number of pyridine rings is 1. The molecule has 0 spiro atoms. The highest BCUT2D eigenvalue weighted by Gasteiger charge is 2.21. The van der Waals surface area contributed by atoms with Crippen molar-refractivity contribution in [1.82, 2.24) is 15.2 Å². The first-order valence-electron chi connectivity index (χ1n) is 8.44. The maximum absolute atomic E-state index is 12.5. The van der Waals surface area contributed by atoms with Crippen LogP contribution < -0.4 is 10.2 Å². The van der Waals surface area contributed by atoms with Gasteiger partial charge >= 0.3 is 0 Å². The number of rotatable bonds is 4. The van der Waals surface area contributed by atoms with E-state index in [9.17, 15) is 9.59 Å². The third kappa shape index (κ3) is 4.21. The van der Waals surface area contributed by atoms with Crippen LogP contribution in [-0.4, -0.2) is 54.4 Å². The van der Waals surface area contributed by atoms with Crippen molar-refractivity contribution in [1.29, 1.82) is 0 Å². The molecular formula is C19H20N4O2S. The highest BCUT2D eigenvalue weighted by Crippen LogP contribution is 2.17. The molecule has 3 rings (SSSR count). The fourth-order valence-corrected chi connectivity index (χ4v) is 3.54. The minimum atomic E-state index is -0.231. The van der Waals surface area contributed by atoms with Gasteiger partial charge in [0.2, 0.25) is 0 Å². The molecule has 0 bridgehead atoms. The molecule has 2 aromatic rings. The number of amides is 2. The topological polar surface area (TPSA) is 65.5 Å². The molecule has 134 valence electrons. The molecule has 6 nitrogen and oxygen atoms in total. The summed E-state index contributed by atoms with van der Waals surface area (Å²) in [6.45, 7) is 3.13. The molecule has 0 unspecified atom stereocenters. The van der Waals surface area contributed by atoms with Crippen LogP contribution in [0.15, 0.2) is 35.8 Å². The maximum atomic E-state index is 12.5. The fourth-order valence-electron chi connectivity index (χ4n) is 2.85. The van der Waals surface area contributed by atoms with Crippen LogP contribution in [0.5, 0.6) is 0 Å². The van der Waals surface area contributed by atoms with Gasteiger partial charge in [0.05, 0.1) is 17.0 Å². The van der Waals surface area contributed by atoms with Crippen LogP contribution >= 0.6 is 11.3 Å². The van der Waals surface area contributed by atoms with Crippen molar-refractivity contribution in [2.75, 3.05) is 37.6 Å². The summed E-state index contributed by atoms with van der Waals surface area (Å²) in [6.07, 6.45) is 7.57. The van der Waals surface area contributed by atoms with Gasteiger partial charge in [-0.05, 0) is 30.0 Å². The zero-order chi connectivity index (χ0) is 18.4. The number of nitrogens with zero attached hydrogens (tertiary/aromatic N) is 3. The van der Waals surface area contributed by atoms with E-state index in [0.29, 0.717) is 18.7 Å². The first-order valence-corrected chi connectivity index (χ1v) is 9.32. The standard InChI is InChI=1S/C19H20N4O2S/c1-2-8-20-18(24)15-6-7-17(21-14-15)22-9-4-10-23(12-11-22)19(25)16-5-3-13-26-16/h1,3,5-7,13-14H,4,8-12H2,(H,20,24). The Kier molecular flexibility index (Phi) is 5.87. The van der Waals surface area contributed by atoms with Crippen molar-refractivity contribution in [2.45, 2.75) is 6.42 Å². The Bertz CT molecular complexity index is 796. The van der Waals surface area contributed by atoms with Gasteiger partial charge in [0.25, 0.3) is 11.8 Å². The number of terminal acetylenes is 1. The lowest BCUT2D eigenvalue weighted by Crippen LogP contribution is -2.35. The SMILES string of the molecule is C#CCNC(=O)c1ccc(N2CCCN(C(=O)c3cccs3)CC2)nc1. The second-order valence-corrected chi connectivity index (χ2v) is 6.85. The summed E-state index contributed by atoms with van der Waals surface area (Å²) < 4.78 is 0. The number of nitrogens with one attached hydrogen (secondary N) is 1. The molecule has 7 heteroatoms. The van der Waals surface area contributed by atoms with Crippen molar-refractivity contribution in [3.63, 3.8) is 0 Å². The third-order valence-corrected chi connectivity index (χ3v) is 5.06. The maximum Gasteiger partial charge on any atom is 0.263 e. The van der Waals surface area contributed by atoms with Crippen LogP contribution in [0.3, 0.4) is 0 Å². The first-order chi connectivity index (χ1) is 12.7. The van der Waals surface area contributed by atoms with E-state index in [-0.39, 0.29) is 18.4 Å². The minimum absolute atomic E-state index is 0.0929. The predicted molar refractivity (Wildman–Crippen MR) is 102 cm³/mol. The smallest absolute Gasteiger partial charge is 0.263 e. The molecule has 3 heterocycles. The van der Waals surface area contributed by atoms with E-state index in [1.807, 2.05) is 28.5 Å². The molecule has 1 fully saturated rings. The van der Waals surface area contributed by atoms with Crippen LogP contribution in [0, 0.1) is 12.3 Å². The summed E-state index contributed by atoms with van der Waals surface area (Å²) in [5, 5.41) is 4.54. The molecule has 0 atom stereocenters. The molecule has 1 aliphatic heterocycles. The van der Waals surface area contributed by atoms with E-state index in [4.69, 9.17) is 6.42 Å². The van der Waals surface area contributed by atoms with Crippen LogP contribution in [-0.2, 0) is 0 Å². The highest BCUT2D eigenvalue weighted by atomic mass is 32.1. The second kappa shape index (κ2) is 8.50. The number of hydrogen-bond acceptors (Lipinski definition) is 5. The number of anilines is 1. The Morgan fingerprint density at radius 2 is 2.12 bits per heavy atom. The normalized spacial score (nSPS) is 14.4. The molecule has 2 amide bonds. The molecule has 1 aliphatic rings. The third-order valence-electron chi connectivity index (χ3n) is 4.20. The predicted octanol–water partition coefficient (Wildman–Crippen LogP) is 1.86. The highest BCUT2D eigenvalue weighted by molar-refractivity contribution is 7.12. The number of carbonyl (C=O) groups excluding carboxylic acids is 2. The van der Waals surface area contributed by atoms with Gasteiger partial charge in [-0.25, -0.2) is 4.98 Å². The van der Waals surface area contributed by atoms with E-state index in [0.717, 1.165) is 30.2 Å². The van der Waals surface area contributed by atoms with E-state index < -0.39 is 0 Å². The van der Waals surface area contributed by atoms with Crippen LogP contribution in [0.25, 0.3) is 0 Å². The number of aromatic nitrogens is 1. The van der Waals surface area contributed by atoms with Crippen molar-refractivity contribution in [2.24, 2.45) is 0 Å². The monoisotopic (exact) mass is 368 g/mol. The lowest BCUT2D eigenvalue weighted by atomic mass is 10.2. The summed E-state index contributed by atoms with van der Waals surface area (Å²) in [5.41, 5.74) is 0.480. The summed E-state index contributed by atoms with van der Waals surface area (Å²) in [4.78, 5) is 33.6. The Labute approximate surface area is 156 Å². The Hall–Kier alpha value is -2.85. The molecule has 26 heavy (non-hydrogen) atoms. The number of carbonyl (C=O) groups is 2. The summed E-state index contributed by atoms with van der Waals surface area (Å²) in [6, 6.07) is 7.34. The molecule has 2 aromatic heterocycles. The van der Waals surface area contributed by atoms with Gasteiger partial charge in [-0.3, -0.25) is 9.59 Å². The Morgan fingerprint density at radius 3 is 2.81 bits per heavy atom. The minimum Gasteiger partial charge on any atom is -0.355 e. The van der Waals surface area contributed by atoms with Gasteiger partial charge in [-0.1, -0.05) is 12.0 Å². The van der Waals surface area contributed by atoms with Gasteiger partial charge in [0.1, 0.15) is 5.82 Å². The number of thiophene rings is 1. The zero-order valence-corrected chi connectivity index (χ0v) is 15.2. The average Bonchev–Trinajstić information content (AvgIpc) is 3.10. The van der Waals surface area contributed by atoms with E-state index in [1.54, 1.807) is 12.3 Å². The average molecular weight is 368 g/mol. The van der Waals surface area contributed by atoms with Crippen molar-refractivity contribution < 1.29 is 9.59 Å². The lowest BCUT2D eigenvalue weighted by molar-refractivity contribution is 0.0771. The molecule has 0 saturated carbocycles. The van der Waals surface area contributed by atoms with Gasteiger partial charge in [-0.2, -0.15) is 0 Å². The quantitative estimate of drug-likeness (QED) is 0.837. The first kappa shape index (κ1) is 18.0. The molecule has 0 radical (unpaired) electrons. The summed E-state index contributed by atoms with van der Waals surface area (Å²) >= 11 is 1.47. The van der Waals surface area contributed by atoms with E-state index >= 15 is 0 Å². The van der Waals surface area contributed by atoms with Crippen molar-refractivity contribution in [3.05, 3.63) is 46.3 Å². The van der Waals surface area contributed by atoms with Gasteiger partial charge in [0, 0.05) is 32.4 Å². The van der Waals surface area contributed by atoms with E-state index in [1.165, 1.54) is 11.3 Å². The Morgan fingerprint density at radius 1 is 1.23 bits per heavy atom. The van der Waals surface area contributed by atoms with Gasteiger partial charge in [-0.15, -0.1) is 17.8 Å². The van der Waals surface area contributed by atoms with Crippen LogP contribution in [0.2, 0.25) is 0 Å². The second-order valence-electron chi connectivity index (χ2n) is 5.90. The Balaban J connectivity index is 1.61. The van der Waals surface area contributed by atoms with Crippen LogP contribution in [0.1, 0.15) is 26.5 Å². The van der Waals surface area contributed by atoms with Crippen molar-refractivity contribution >= 4 is 29.0 Å². The molecule has 1 saturated heterocycles. The molecule has 1 N–H and O–H groups in total. The molecular weight excluding hydrogens is 348 g/mol. The van der Waals surface area contributed by atoms with E-state index in [2.05, 4.69) is 21.1 Å². The largest absolute Gasteiger partial charge is 0.355 e. The number of hydrogen-bond donors (Lipinski definition) is 1. The van der Waals surface area contributed by atoms with Gasteiger partial charge < -0.3 is 15.1 Å². The summed E-state index contributed by atoms with van der Waals surface area (Å²) in [7, 11) is 0. The van der Waals surface area contributed by atoms with Crippen molar-refractivity contribution in [3.8, 4) is 12.3 Å². The molecule has 0 aromatic carbocycles. The summed E-state index contributed by atoms with van der Waals surface area (Å²) in [5.74, 6) is 3.04. The zero-order valence-electron chi connectivity index (χ0n) is 14.4. The fraction of sp³-hybridized carbons (Fsp3) is 0.316. The van der Waals surface area contributed by atoms with Gasteiger partial charge in [0.15, 0.2) is 0 Å².